The third-order valence-corrected chi connectivity index (χ3v) is 5.01. The van der Waals surface area contributed by atoms with E-state index in [2.05, 4.69) is 0 Å². The van der Waals surface area contributed by atoms with Gasteiger partial charge in [0.1, 0.15) is 12.3 Å². The summed E-state index contributed by atoms with van der Waals surface area (Å²) in [4.78, 5) is 29.7. The van der Waals surface area contributed by atoms with Crippen molar-refractivity contribution >= 4 is 11.8 Å². The summed E-state index contributed by atoms with van der Waals surface area (Å²) in [5.41, 5.74) is 0.491. The van der Waals surface area contributed by atoms with Gasteiger partial charge < -0.3 is 18.8 Å². The zero-order chi connectivity index (χ0) is 20.9. The lowest BCUT2D eigenvalue weighted by atomic mass is 9.93. The molecule has 0 spiro atoms. The summed E-state index contributed by atoms with van der Waals surface area (Å²) in [5, 5.41) is 0. The van der Waals surface area contributed by atoms with E-state index in [1.807, 2.05) is 76.7 Å². The molecule has 0 aliphatic rings. The Morgan fingerprint density at radius 2 is 1.89 bits per heavy atom. The van der Waals surface area contributed by atoms with Crippen molar-refractivity contribution in [1.29, 1.82) is 0 Å². The molecule has 154 valence electrons. The molecule has 0 radical (unpaired) electrons. The average molecular weight is 388 g/mol. The predicted octanol–water partition coefficient (Wildman–Crippen LogP) is 3.82. The number of nitrogens with zero attached hydrogens (tertiary/aromatic N) is 3. The topological polar surface area (TPSA) is 58.7 Å². The highest BCUT2D eigenvalue weighted by molar-refractivity contribution is 5.87. The number of hydrogen-bond donors (Lipinski definition) is 0. The molecule has 1 atom stereocenters. The van der Waals surface area contributed by atoms with Gasteiger partial charge >= 0.3 is 0 Å². The van der Waals surface area contributed by atoms with Gasteiger partial charge in [-0.25, -0.2) is 0 Å². The third-order valence-electron chi connectivity index (χ3n) is 5.01. The van der Waals surface area contributed by atoms with Gasteiger partial charge in [-0.3, -0.25) is 9.59 Å². The minimum absolute atomic E-state index is 0.00354. The minimum Gasteiger partial charge on any atom is -0.467 e. The van der Waals surface area contributed by atoms with Crippen LogP contribution in [0.15, 0.2) is 41.1 Å². The van der Waals surface area contributed by atoms with Gasteiger partial charge in [-0.05, 0) is 37.6 Å². The molecular weight excluding hydrogens is 354 g/mol. The summed E-state index contributed by atoms with van der Waals surface area (Å²) in [6.45, 7) is 10.6. The van der Waals surface area contributed by atoms with Crippen molar-refractivity contribution in [1.82, 2.24) is 14.4 Å². The number of aromatic nitrogens is 1. The zero-order valence-electron chi connectivity index (χ0n) is 17.9. The van der Waals surface area contributed by atoms with Crippen LogP contribution in [0.4, 0.5) is 0 Å². The standard InChI is InChI=1S/C22H33N3O3/c1-7-17(2)25(21(27)22(3,4)5)16-20(26)24(15-19-11-9-13-28-19)14-18-10-8-12-23(18)6/h8-13,17H,7,14-16H2,1-6H3. The average Bonchev–Trinajstić information content (AvgIpc) is 3.29. The molecule has 0 aliphatic heterocycles. The highest BCUT2D eigenvalue weighted by Gasteiger charge is 2.32. The summed E-state index contributed by atoms with van der Waals surface area (Å²) in [6.07, 6.45) is 4.36. The molecule has 2 heterocycles. The summed E-state index contributed by atoms with van der Waals surface area (Å²) >= 11 is 0. The van der Waals surface area contributed by atoms with Crippen LogP contribution in [-0.4, -0.2) is 38.8 Å². The van der Waals surface area contributed by atoms with Crippen LogP contribution in [0, 0.1) is 5.41 Å². The van der Waals surface area contributed by atoms with Gasteiger partial charge in [0.05, 0.1) is 19.4 Å². The Morgan fingerprint density at radius 3 is 2.39 bits per heavy atom. The summed E-state index contributed by atoms with van der Waals surface area (Å²) in [5.74, 6) is 0.627. The molecule has 0 bridgehead atoms. The molecule has 2 amide bonds. The van der Waals surface area contributed by atoms with E-state index in [9.17, 15) is 9.59 Å². The maximum absolute atomic E-state index is 13.3. The smallest absolute Gasteiger partial charge is 0.242 e. The van der Waals surface area contributed by atoms with E-state index in [1.54, 1.807) is 16.1 Å². The number of furan rings is 1. The Balaban J connectivity index is 2.23. The van der Waals surface area contributed by atoms with Crippen molar-refractivity contribution < 1.29 is 14.0 Å². The first-order chi connectivity index (χ1) is 13.1. The Bertz CT molecular complexity index is 771. The molecule has 0 saturated carbocycles. The van der Waals surface area contributed by atoms with Crippen molar-refractivity contribution in [2.24, 2.45) is 12.5 Å². The van der Waals surface area contributed by atoms with E-state index < -0.39 is 5.41 Å². The van der Waals surface area contributed by atoms with E-state index in [-0.39, 0.29) is 24.4 Å². The second-order valence-corrected chi connectivity index (χ2v) is 8.38. The van der Waals surface area contributed by atoms with Crippen LogP contribution in [0.1, 0.15) is 52.5 Å². The molecule has 2 aromatic heterocycles. The number of carbonyl (C=O) groups is 2. The normalized spacial score (nSPS) is 12.6. The fourth-order valence-corrected chi connectivity index (χ4v) is 3.00. The fourth-order valence-electron chi connectivity index (χ4n) is 3.00. The lowest BCUT2D eigenvalue weighted by molar-refractivity contribution is -0.148. The molecule has 28 heavy (non-hydrogen) atoms. The molecule has 0 N–H and O–H groups in total. The van der Waals surface area contributed by atoms with Crippen LogP contribution in [0.2, 0.25) is 0 Å². The maximum atomic E-state index is 13.3. The Morgan fingerprint density at radius 1 is 1.18 bits per heavy atom. The summed E-state index contributed by atoms with van der Waals surface area (Å²) in [7, 11) is 1.96. The van der Waals surface area contributed by atoms with E-state index in [0.29, 0.717) is 13.1 Å². The van der Waals surface area contributed by atoms with Crippen molar-refractivity contribution in [2.45, 2.75) is 60.2 Å². The van der Waals surface area contributed by atoms with E-state index in [4.69, 9.17) is 4.42 Å². The SMILES string of the molecule is CCC(C)N(CC(=O)N(Cc1ccco1)Cc1cccn1C)C(=O)C(C)(C)C. The molecule has 2 rings (SSSR count). The lowest BCUT2D eigenvalue weighted by Crippen LogP contribution is -2.49. The first-order valence-corrected chi connectivity index (χ1v) is 9.85. The van der Waals surface area contributed by atoms with Crippen LogP contribution in [0.25, 0.3) is 0 Å². The molecule has 1 unspecified atom stereocenters. The predicted molar refractivity (Wildman–Crippen MR) is 109 cm³/mol. The number of carbonyl (C=O) groups excluding carboxylic acids is 2. The number of aryl methyl sites for hydroxylation is 1. The Kier molecular flexibility index (Phi) is 7.11. The van der Waals surface area contributed by atoms with Crippen LogP contribution in [0.5, 0.6) is 0 Å². The van der Waals surface area contributed by atoms with Gasteiger partial charge in [0.2, 0.25) is 11.8 Å². The minimum atomic E-state index is -0.534. The van der Waals surface area contributed by atoms with Crippen molar-refractivity contribution in [3.8, 4) is 0 Å². The summed E-state index contributed by atoms with van der Waals surface area (Å²) < 4.78 is 7.45. The quantitative estimate of drug-likeness (QED) is 0.692. The Hall–Kier alpha value is -2.50. The molecule has 0 saturated heterocycles. The zero-order valence-corrected chi connectivity index (χ0v) is 17.9. The first kappa shape index (κ1) is 21.8. The van der Waals surface area contributed by atoms with Crippen LogP contribution >= 0.6 is 0 Å². The number of rotatable bonds is 8. The molecule has 6 heteroatoms. The second kappa shape index (κ2) is 9.13. The Labute approximate surface area is 168 Å². The monoisotopic (exact) mass is 387 g/mol. The van der Waals surface area contributed by atoms with Gasteiger partial charge in [-0.2, -0.15) is 0 Å². The number of hydrogen-bond acceptors (Lipinski definition) is 3. The highest BCUT2D eigenvalue weighted by Crippen LogP contribution is 2.21. The van der Waals surface area contributed by atoms with E-state index >= 15 is 0 Å². The molecule has 0 aromatic carbocycles. The second-order valence-electron chi connectivity index (χ2n) is 8.38. The van der Waals surface area contributed by atoms with Crippen LogP contribution in [0.3, 0.4) is 0 Å². The van der Waals surface area contributed by atoms with Gasteiger partial charge in [-0.1, -0.05) is 27.7 Å². The summed E-state index contributed by atoms with van der Waals surface area (Å²) in [6, 6.07) is 7.62. The maximum Gasteiger partial charge on any atom is 0.242 e. The fraction of sp³-hybridized carbons (Fsp3) is 0.545. The van der Waals surface area contributed by atoms with E-state index in [0.717, 1.165) is 17.9 Å². The van der Waals surface area contributed by atoms with E-state index in [1.165, 1.54) is 0 Å². The third kappa shape index (κ3) is 5.50. The number of amides is 2. The molecule has 6 nitrogen and oxygen atoms in total. The van der Waals surface area contributed by atoms with Crippen LogP contribution < -0.4 is 0 Å². The largest absolute Gasteiger partial charge is 0.467 e. The van der Waals surface area contributed by atoms with Gasteiger partial charge in [0, 0.05) is 30.4 Å². The van der Waals surface area contributed by atoms with Gasteiger partial charge in [-0.15, -0.1) is 0 Å². The molecule has 2 aromatic rings. The first-order valence-electron chi connectivity index (χ1n) is 9.85. The molecule has 0 aliphatic carbocycles. The molecular formula is C22H33N3O3. The molecule has 0 fully saturated rings. The lowest BCUT2D eigenvalue weighted by Gasteiger charge is -2.35. The van der Waals surface area contributed by atoms with Gasteiger partial charge in [0.25, 0.3) is 0 Å². The van der Waals surface area contributed by atoms with Crippen molar-refractivity contribution in [2.75, 3.05) is 6.54 Å². The van der Waals surface area contributed by atoms with Crippen molar-refractivity contribution in [3.05, 3.63) is 48.2 Å². The highest BCUT2D eigenvalue weighted by atomic mass is 16.3. The van der Waals surface area contributed by atoms with Gasteiger partial charge in [0.15, 0.2) is 0 Å². The van der Waals surface area contributed by atoms with Crippen LogP contribution in [-0.2, 0) is 29.7 Å². The van der Waals surface area contributed by atoms with Crippen molar-refractivity contribution in [3.63, 3.8) is 0 Å².